The maximum Gasteiger partial charge on any atom is 2.00 e. The first-order chi connectivity index (χ1) is 7.86. The normalized spacial score (nSPS) is 7.41. The van der Waals surface area contributed by atoms with Crippen LogP contribution in [0.3, 0.4) is 0 Å². The number of hydrogen-bond acceptors (Lipinski definition) is 2. The predicted molar refractivity (Wildman–Crippen MR) is 62.3 cm³/mol. The topological polar surface area (TPSA) is 47.6 Å². The third kappa shape index (κ3) is 6.29. The van der Waals surface area contributed by atoms with E-state index in [0.29, 0.717) is 11.1 Å². The average Bonchev–Trinajstić information content (AvgIpc) is 2.41. The van der Waals surface area contributed by atoms with E-state index in [4.69, 9.17) is 10.5 Å². The molecule has 84 valence electrons. The summed E-state index contributed by atoms with van der Waals surface area (Å²) in [4.78, 5) is 0. The van der Waals surface area contributed by atoms with Crippen LogP contribution in [-0.2, 0) is 20.4 Å². The van der Waals surface area contributed by atoms with Crippen molar-refractivity contribution in [2.45, 2.75) is 0 Å². The van der Waals surface area contributed by atoms with Crippen LogP contribution < -0.4 is 0 Å². The van der Waals surface area contributed by atoms with Gasteiger partial charge < -0.3 is 0 Å². The fraction of sp³-hybridized carbons (Fsp3) is 0. The predicted octanol–water partition coefficient (Wildman–Crippen LogP) is 3.11. The molecule has 0 fully saturated rings. The van der Waals surface area contributed by atoms with Crippen LogP contribution in [-0.4, -0.2) is 0 Å². The summed E-state index contributed by atoms with van der Waals surface area (Å²) in [5.74, 6) is 0. The third-order valence-corrected chi connectivity index (χ3v) is 1.81. The van der Waals surface area contributed by atoms with Crippen LogP contribution >= 0.6 is 0 Å². The molecular weight excluding hydrogens is 303 g/mol. The Balaban J connectivity index is 0.000000284. The Morgan fingerprint density at radius 3 is 1.06 bits per heavy atom. The van der Waals surface area contributed by atoms with E-state index in [1.165, 1.54) is 0 Å². The van der Waals surface area contributed by atoms with Gasteiger partial charge in [-0.25, -0.2) is 0 Å². The van der Waals surface area contributed by atoms with Gasteiger partial charge in [0.2, 0.25) is 0 Å². The van der Waals surface area contributed by atoms with Gasteiger partial charge in [0.05, 0.1) is 23.3 Å². The molecule has 0 bridgehead atoms. The monoisotopic (exact) mass is 312 g/mol. The summed E-state index contributed by atoms with van der Waals surface area (Å²) < 4.78 is 0. The van der Waals surface area contributed by atoms with Crippen LogP contribution in [0.4, 0.5) is 0 Å². The van der Waals surface area contributed by atoms with Crippen molar-refractivity contribution < 1.29 is 20.4 Å². The second-order valence-corrected chi connectivity index (χ2v) is 2.96. The van der Waals surface area contributed by atoms with Crippen LogP contribution in [0, 0.1) is 22.7 Å². The van der Waals surface area contributed by atoms with Gasteiger partial charge in [-0.2, -0.15) is 10.5 Å². The molecule has 0 spiro atoms. The quantitative estimate of drug-likeness (QED) is 0.702. The molecule has 0 atom stereocenters. The molecule has 0 radical (unpaired) electrons. The maximum absolute atomic E-state index is 8.29. The van der Waals surface area contributed by atoms with E-state index in [1.807, 2.05) is 48.5 Å². The van der Waals surface area contributed by atoms with E-state index in [1.54, 1.807) is 24.3 Å². The van der Waals surface area contributed by atoms with Gasteiger partial charge in [-0.3, -0.25) is 0 Å². The van der Waals surface area contributed by atoms with Crippen LogP contribution in [0.5, 0.6) is 0 Å². The zero-order chi connectivity index (χ0) is 11.6. The number of nitrogens with zero attached hydrogens (tertiary/aromatic N) is 2. The van der Waals surface area contributed by atoms with Crippen molar-refractivity contribution in [3.63, 3.8) is 0 Å². The Bertz CT molecular complexity index is 446. The zero-order valence-electron chi connectivity index (χ0n) is 8.98. The molecule has 0 aliphatic rings. The van der Waals surface area contributed by atoms with Gasteiger partial charge in [-0.1, -0.05) is 36.4 Å². The molecule has 0 N–H and O–H groups in total. The van der Waals surface area contributed by atoms with Crippen LogP contribution in [0.25, 0.3) is 0 Å². The smallest absolute Gasteiger partial charge is 0.192 e. The molecule has 0 aromatic heterocycles. The molecule has 2 nitrogen and oxygen atoms in total. The molecule has 2 rings (SSSR count). The Kier molecular flexibility index (Phi) is 8.27. The van der Waals surface area contributed by atoms with Crippen molar-refractivity contribution in [1.82, 2.24) is 0 Å². The molecule has 0 saturated heterocycles. The average molecular weight is 313 g/mol. The molecule has 0 heterocycles. The van der Waals surface area contributed by atoms with Crippen molar-refractivity contribution in [2.75, 3.05) is 0 Å². The second kappa shape index (κ2) is 9.32. The summed E-state index contributed by atoms with van der Waals surface area (Å²) in [7, 11) is 0. The number of hydrogen-bond donors (Lipinski definition) is 0. The summed E-state index contributed by atoms with van der Waals surface area (Å²) in [6.45, 7) is 0. The van der Waals surface area contributed by atoms with Gasteiger partial charge in [-0.15, -0.1) is 0 Å². The second-order valence-electron chi connectivity index (χ2n) is 2.96. The van der Waals surface area contributed by atoms with E-state index in [2.05, 4.69) is 0 Å². The van der Waals surface area contributed by atoms with Gasteiger partial charge in [0.15, 0.2) is 0 Å². The number of nitriles is 2. The van der Waals surface area contributed by atoms with Crippen molar-refractivity contribution in [3.05, 3.63) is 71.8 Å². The van der Waals surface area contributed by atoms with Crippen molar-refractivity contribution in [2.24, 2.45) is 0 Å². The molecule has 0 saturated carbocycles. The fourth-order valence-corrected chi connectivity index (χ4v) is 1.03. The molecule has 0 amide bonds. The zero-order valence-corrected chi connectivity index (χ0v) is 10.5. The Morgan fingerprint density at radius 1 is 0.588 bits per heavy atom. The molecule has 3 heteroatoms. The van der Waals surface area contributed by atoms with E-state index < -0.39 is 0 Å². The maximum atomic E-state index is 8.29. The first-order valence-electron chi connectivity index (χ1n) is 4.77. The van der Waals surface area contributed by atoms with Crippen molar-refractivity contribution in [1.29, 1.82) is 10.5 Å². The SMILES string of the molecule is N#Cc1ccccc1.N#Cc1ccccc1.[Pd+2]. The number of rotatable bonds is 0. The molecular formula is C14H10N2Pd+2. The van der Waals surface area contributed by atoms with E-state index in [-0.39, 0.29) is 20.4 Å². The first kappa shape index (κ1) is 15.1. The Hall–Kier alpha value is -1.92. The van der Waals surface area contributed by atoms with Gasteiger partial charge in [0.1, 0.15) is 0 Å². The largest absolute Gasteiger partial charge is 2.00 e. The van der Waals surface area contributed by atoms with E-state index >= 15 is 0 Å². The first-order valence-corrected chi connectivity index (χ1v) is 4.77. The molecule has 0 aliphatic heterocycles. The Morgan fingerprint density at radius 2 is 0.882 bits per heavy atom. The van der Waals surface area contributed by atoms with Gasteiger partial charge in [0, 0.05) is 0 Å². The van der Waals surface area contributed by atoms with Gasteiger partial charge in [0.25, 0.3) is 0 Å². The molecule has 17 heavy (non-hydrogen) atoms. The van der Waals surface area contributed by atoms with E-state index in [0.717, 1.165) is 0 Å². The molecule has 0 aliphatic carbocycles. The summed E-state index contributed by atoms with van der Waals surface area (Å²) in [6.07, 6.45) is 0. The standard InChI is InChI=1S/2C7H5N.Pd/c2*8-6-7-4-2-1-3-5-7;/h2*1-5H;/q;;+2. The summed E-state index contributed by atoms with van der Waals surface area (Å²) in [6, 6.07) is 22.3. The van der Waals surface area contributed by atoms with Gasteiger partial charge in [-0.05, 0) is 24.3 Å². The Labute approximate surface area is 115 Å². The van der Waals surface area contributed by atoms with Crippen molar-refractivity contribution in [3.8, 4) is 12.1 Å². The van der Waals surface area contributed by atoms with Crippen LogP contribution in [0.1, 0.15) is 11.1 Å². The van der Waals surface area contributed by atoms with Crippen LogP contribution in [0.15, 0.2) is 60.7 Å². The third-order valence-electron chi connectivity index (χ3n) is 1.81. The minimum atomic E-state index is 0. The molecule has 0 unspecified atom stereocenters. The van der Waals surface area contributed by atoms with Crippen LogP contribution in [0.2, 0.25) is 0 Å². The molecule has 2 aromatic carbocycles. The summed E-state index contributed by atoms with van der Waals surface area (Å²) >= 11 is 0. The molecule has 2 aromatic rings. The van der Waals surface area contributed by atoms with Crippen molar-refractivity contribution >= 4 is 0 Å². The fourth-order valence-electron chi connectivity index (χ4n) is 1.03. The summed E-state index contributed by atoms with van der Waals surface area (Å²) in [5, 5.41) is 16.6. The van der Waals surface area contributed by atoms with E-state index in [9.17, 15) is 0 Å². The minimum absolute atomic E-state index is 0. The summed E-state index contributed by atoms with van der Waals surface area (Å²) in [5.41, 5.74) is 1.43. The van der Waals surface area contributed by atoms with Gasteiger partial charge >= 0.3 is 20.4 Å². The number of benzene rings is 2. The minimum Gasteiger partial charge on any atom is -0.192 e.